The number of nitrogens with zero attached hydrogens (tertiary/aromatic N) is 2. The fourth-order valence-corrected chi connectivity index (χ4v) is 1.20. The average molecular weight is 245 g/mol. The Morgan fingerprint density at radius 3 is 2.29 bits per heavy atom. The van der Waals surface area contributed by atoms with Gasteiger partial charge in [-0.3, -0.25) is 9.59 Å². The average Bonchev–Trinajstić information content (AvgIpc) is 2.22. The van der Waals surface area contributed by atoms with Gasteiger partial charge in [-0.05, 0) is 6.92 Å². The maximum atomic E-state index is 11.8. The molecular weight excluding hydrogens is 222 g/mol. The predicted octanol–water partition coefficient (Wildman–Crippen LogP) is -0.713. The summed E-state index contributed by atoms with van der Waals surface area (Å²) in [5.74, 6) is -0.230. The maximum absolute atomic E-state index is 11.8. The van der Waals surface area contributed by atoms with Gasteiger partial charge in [0.15, 0.2) is 0 Å². The lowest BCUT2D eigenvalue weighted by Gasteiger charge is -2.24. The van der Waals surface area contributed by atoms with E-state index in [1.807, 2.05) is 0 Å². The van der Waals surface area contributed by atoms with Gasteiger partial charge in [-0.15, -0.1) is 0 Å². The van der Waals surface area contributed by atoms with Crippen LogP contribution in [0.25, 0.3) is 0 Å². The minimum absolute atomic E-state index is 0.0713. The summed E-state index contributed by atoms with van der Waals surface area (Å²) in [6, 6.07) is -0.206. The van der Waals surface area contributed by atoms with Crippen molar-refractivity contribution in [2.24, 2.45) is 5.73 Å². The van der Waals surface area contributed by atoms with Crippen molar-refractivity contribution in [3.05, 3.63) is 0 Å². The van der Waals surface area contributed by atoms with E-state index in [0.717, 1.165) is 0 Å². The Bertz CT molecular complexity index is 254. The summed E-state index contributed by atoms with van der Waals surface area (Å²) in [6.45, 7) is 2.65. The van der Waals surface area contributed by atoms with Crippen LogP contribution in [-0.4, -0.2) is 68.6 Å². The summed E-state index contributed by atoms with van der Waals surface area (Å²) < 4.78 is 4.92. The van der Waals surface area contributed by atoms with Crippen LogP contribution in [0.15, 0.2) is 0 Å². The molecule has 0 aromatic rings. The Balaban J connectivity index is 4.41. The van der Waals surface area contributed by atoms with E-state index in [1.54, 1.807) is 28.1 Å². The quantitative estimate of drug-likeness (QED) is 0.642. The van der Waals surface area contributed by atoms with Gasteiger partial charge in [-0.2, -0.15) is 0 Å². The molecule has 0 bridgehead atoms. The highest BCUT2D eigenvalue weighted by Gasteiger charge is 2.18. The predicted molar refractivity (Wildman–Crippen MR) is 65.4 cm³/mol. The van der Waals surface area contributed by atoms with Crippen LogP contribution in [0.3, 0.4) is 0 Å². The zero-order chi connectivity index (χ0) is 13.4. The van der Waals surface area contributed by atoms with Gasteiger partial charge in [0, 0.05) is 40.2 Å². The molecule has 1 unspecified atom stereocenters. The van der Waals surface area contributed by atoms with Crippen molar-refractivity contribution in [2.75, 3.05) is 40.9 Å². The minimum atomic E-state index is -0.206. The molecule has 0 aliphatic heterocycles. The molecule has 0 aliphatic carbocycles. The molecule has 0 heterocycles. The highest BCUT2D eigenvalue weighted by atomic mass is 16.5. The van der Waals surface area contributed by atoms with Crippen LogP contribution in [-0.2, 0) is 14.3 Å². The van der Waals surface area contributed by atoms with Gasteiger partial charge >= 0.3 is 0 Å². The molecule has 6 nitrogen and oxygen atoms in total. The second-order valence-electron chi connectivity index (χ2n) is 4.28. The zero-order valence-electron chi connectivity index (χ0n) is 11.1. The number of rotatable bonds is 7. The highest BCUT2D eigenvalue weighted by Crippen LogP contribution is 1.98. The molecule has 6 heteroatoms. The molecule has 0 saturated heterocycles. The molecule has 0 rings (SSSR count). The Morgan fingerprint density at radius 2 is 1.88 bits per heavy atom. The molecule has 0 aromatic carbocycles. The Morgan fingerprint density at radius 1 is 1.29 bits per heavy atom. The Hall–Kier alpha value is -1.14. The largest absolute Gasteiger partial charge is 0.383 e. The van der Waals surface area contributed by atoms with Gasteiger partial charge in [0.25, 0.3) is 0 Å². The smallest absolute Gasteiger partial charge is 0.241 e. The normalized spacial score (nSPS) is 12.1. The van der Waals surface area contributed by atoms with Crippen molar-refractivity contribution in [2.45, 2.75) is 19.4 Å². The third kappa shape index (κ3) is 6.91. The molecule has 100 valence electrons. The van der Waals surface area contributed by atoms with Crippen molar-refractivity contribution in [1.82, 2.24) is 9.80 Å². The van der Waals surface area contributed by atoms with E-state index in [0.29, 0.717) is 13.2 Å². The van der Waals surface area contributed by atoms with Crippen molar-refractivity contribution >= 4 is 11.8 Å². The van der Waals surface area contributed by atoms with E-state index in [-0.39, 0.29) is 30.8 Å². The van der Waals surface area contributed by atoms with Crippen LogP contribution in [0.4, 0.5) is 0 Å². The topological polar surface area (TPSA) is 75.9 Å². The first-order valence-corrected chi connectivity index (χ1v) is 5.61. The zero-order valence-corrected chi connectivity index (χ0v) is 11.1. The summed E-state index contributed by atoms with van der Waals surface area (Å²) >= 11 is 0. The van der Waals surface area contributed by atoms with Gasteiger partial charge in [0.05, 0.1) is 13.2 Å². The van der Waals surface area contributed by atoms with Crippen molar-refractivity contribution < 1.29 is 14.3 Å². The lowest BCUT2D eigenvalue weighted by atomic mass is 10.2. The van der Waals surface area contributed by atoms with Crippen LogP contribution in [0, 0.1) is 0 Å². The maximum Gasteiger partial charge on any atom is 0.241 e. The summed E-state index contributed by atoms with van der Waals surface area (Å²) in [6.07, 6.45) is 0.240. The van der Waals surface area contributed by atoms with Gasteiger partial charge in [-0.1, -0.05) is 0 Å². The number of hydrogen-bond donors (Lipinski definition) is 1. The third-order valence-corrected chi connectivity index (χ3v) is 2.24. The second-order valence-corrected chi connectivity index (χ2v) is 4.28. The standard InChI is InChI=1S/C11H23N3O3/c1-9(12)7-10(15)14(5-6-17-4)8-11(16)13(2)3/h9H,5-8,12H2,1-4H3. The number of amides is 2. The molecule has 0 radical (unpaired) electrons. The fraction of sp³-hybridized carbons (Fsp3) is 0.818. The van der Waals surface area contributed by atoms with Crippen molar-refractivity contribution in [3.63, 3.8) is 0 Å². The minimum Gasteiger partial charge on any atom is -0.383 e. The van der Waals surface area contributed by atoms with E-state index in [9.17, 15) is 9.59 Å². The molecule has 1 atom stereocenters. The molecule has 2 amide bonds. The lowest BCUT2D eigenvalue weighted by molar-refractivity contribution is -0.139. The molecular formula is C11H23N3O3. The second kappa shape index (κ2) is 8.03. The van der Waals surface area contributed by atoms with E-state index < -0.39 is 0 Å². The highest BCUT2D eigenvalue weighted by molar-refractivity contribution is 5.84. The van der Waals surface area contributed by atoms with Gasteiger partial charge < -0.3 is 20.3 Å². The molecule has 17 heavy (non-hydrogen) atoms. The number of likely N-dealkylation sites (N-methyl/N-ethyl adjacent to an activating group) is 1. The molecule has 0 fully saturated rings. The van der Waals surface area contributed by atoms with E-state index >= 15 is 0 Å². The summed E-state index contributed by atoms with van der Waals surface area (Å²) in [5, 5.41) is 0. The van der Waals surface area contributed by atoms with Crippen LogP contribution >= 0.6 is 0 Å². The molecule has 0 aromatic heterocycles. The van der Waals surface area contributed by atoms with Crippen LogP contribution < -0.4 is 5.73 Å². The van der Waals surface area contributed by atoms with Gasteiger partial charge in [0.2, 0.25) is 11.8 Å². The summed E-state index contributed by atoms with van der Waals surface area (Å²) in [7, 11) is 4.88. The number of methoxy groups -OCH3 is 1. The Kier molecular flexibility index (Phi) is 7.49. The van der Waals surface area contributed by atoms with Crippen LogP contribution in [0.2, 0.25) is 0 Å². The number of ether oxygens (including phenoxy) is 1. The molecule has 0 aliphatic rings. The number of hydrogen-bond acceptors (Lipinski definition) is 4. The lowest BCUT2D eigenvalue weighted by Crippen LogP contribution is -2.43. The first-order chi connectivity index (χ1) is 7.88. The number of nitrogens with two attached hydrogens (primary N) is 1. The third-order valence-electron chi connectivity index (χ3n) is 2.24. The molecule has 0 spiro atoms. The Labute approximate surface area is 103 Å². The van der Waals surface area contributed by atoms with Crippen LogP contribution in [0.5, 0.6) is 0 Å². The number of carbonyl (C=O) groups excluding carboxylic acids is 2. The fourth-order valence-electron chi connectivity index (χ4n) is 1.20. The van der Waals surface area contributed by atoms with E-state index in [1.165, 1.54) is 9.80 Å². The van der Waals surface area contributed by atoms with Crippen LogP contribution in [0.1, 0.15) is 13.3 Å². The van der Waals surface area contributed by atoms with E-state index in [4.69, 9.17) is 10.5 Å². The van der Waals surface area contributed by atoms with E-state index in [2.05, 4.69) is 0 Å². The number of carbonyl (C=O) groups is 2. The van der Waals surface area contributed by atoms with Gasteiger partial charge in [0.1, 0.15) is 0 Å². The first-order valence-electron chi connectivity index (χ1n) is 5.61. The molecule has 2 N–H and O–H groups in total. The monoisotopic (exact) mass is 245 g/mol. The van der Waals surface area contributed by atoms with Gasteiger partial charge in [-0.25, -0.2) is 0 Å². The van der Waals surface area contributed by atoms with Crippen molar-refractivity contribution in [3.8, 4) is 0 Å². The first kappa shape index (κ1) is 15.9. The summed E-state index contributed by atoms with van der Waals surface area (Å²) in [4.78, 5) is 26.3. The SMILES string of the molecule is COCCN(CC(=O)N(C)C)C(=O)CC(C)N. The van der Waals surface area contributed by atoms with Crippen molar-refractivity contribution in [1.29, 1.82) is 0 Å². The summed E-state index contributed by atoms with van der Waals surface area (Å²) in [5.41, 5.74) is 5.58. The molecule has 0 saturated carbocycles.